The minimum atomic E-state index is 0.155. The highest BCUT2D eigenvalue weighted by atomic mass is 16.3. The molecule has 2 nitrogen and oxygen atoms in total. The van der Waals surface area contributed by atoms with Gasteiger partial charge in [0.05, 0.1) is 0 Å². The van der Waals surface area contributed by atoms with Gasteiger partial charge in [0.1, 0.15) is 11.5 Å². The van der Waals surface area contributed by atoms with Crippen molar-refractivity contribution in [1.82, 2.24) is 0 Å². The van der Waals surface area contributed by atoms with Gasteiger partial charge in [0.2, 0.25) is 0 Å². The number of allylic oxidation sites excluding steroid dienone is 3. The van der Waals surface area contributed by atoms with Crippen LogP contribution < -0.4 is 0 Å². The van der Waals surface area contributed by atoms with Gasteiger partial charge < -0.3 is 10.2 Å². The second-order valence-electron chi connectivity index (χ2n) is 11.7. The fraction of sp³-hybridized carbons (Fsp3) is 0.722. The zero-order valence-electron chi connectivity index (χ0n) is 25.5. The maximum Gasteiger partial charge on any atom is 0.123 e. The van der Waals surface area contributed by atoms with E-state index in [1.165, 1.54) is 115 Å². The van der Waals surface area contributed by atoms with E-state index in [2.05, 4.69) is 26.5 Å². The number of unbranched alkanes of at least 4 members (excludes halogenated alkanes) is 17. The number of benzene rings is 1. The summed E-state index contributed by atoms with van der Waals surface area (Å²) in [7, 11) is 0. The van der Waals surface area contributed by atoms with Crippen LogP contribution in [0.5, 0.6) is 11.5 Å². The molecule has 1 aliphatic carbocycles. The largest absolute Gasteiger partial charge is 0.507 e. The smallest absolute Gasteiger partial charge is 0.123 e. The first kappa shape index (κ1) is 34.3. The van der Waals surface area contributed by atoms with E-state index in [9.17, 15) is 10.2 Å². The minimum Gasteiger partial charge on any atom is -0.507 e. The van der Waals surface area contributed by atoms with Gasteiger partial charge in [0, 0.05) is 11.5 Å². The van der Waals surface area contributed by atoms with Crippen LogP contribution in [0.25, 0.3) is 0 Å². The Morgan fingerprint density at radius 3 is 1.53 bits per heavy atom. The molecule has 0 aliphatic heterocycles. The lowest BCUT2D eigenvalue weighted by Crippen LogP contribution is -2.03. The topological polar surface area (TPSA) is 40.5 Å². The van der Waals surface area contributed by atoms with E-state index in [4.69, 9.17) is 0 Å². The number of aromatic hydroxyl groups is 2. The van der Waals surface area contributed by atoms with Gasteiger partial charge in [-0.25, -0.2) is 0 Å². The minimum absolute atomic E-state index is 0.155. The van der Waals surface area contributed by atoms with Gasteiger partial charge in [-0.2, -0.15) is 0 Å². The lowest BCUT2D eigenvalue weighted by atomic mass is 9.84. The van der Waals surface area contributed by atoms with Crippen LogP contribution in [0.4, 0.5) is 0 Å². The highest BCUT2D eigenvalue weighted by Crippen LogP contribution is 2.41. The van der Waals surface area contributed by atoms with Gasteiger partial charge in [0.25, 0.3) is 0 Å². The number of phenolic OH excluding ortho intramolecular Hbond substituents is 2. The average Bonchev–Trinajstić information content (AvgIpc) is 2.88. The summed E-state index contributed by atoms with van der Waals surface area (Å²) in [5.74, 6) is 0.708. The maximum absolute atomic E-state index is 10.6. The number of rotatable bonds is 20. The fourth-order valence-corrected chi connectivity index (χ4v) is 5.77. The van der Waals surface area contributed by atoms with Crippen LogP contribution in [0.1, 0.15) is 173 Å². The van der Waals surface area contributed by atoms with E-state index in [0.29, 0.717) is 0 Å². The molecule has 0 fully saturated rings. The van der Waals surface area contributed by atoms with Crippen molar-refractivity contribution < 1.29 is 10.2 Å². The first-order valence-electron chi connectivity index (χ1n) is 16.3. The predicted octanol–water partition coefficient (Wildman–Crippen LogP) is 12.1. The number of phenols is 2. The summed E-state index contributed by atoms with van der Waals surface area (Å²) in [5.41, 5.74) is 3.16. The standard InChI is InChI=1S/C33H56O2.C3H6/c1-3-4-5-6-7-8-9-10-11-12-13-14-15-16-17-18-19-20-23-29-26-31(34)33(32(35)27-29)30-24-21-22-28(2)25-30;1-3-2/h25-27,30,34-35H,3-24H2,1-2H3;3H,1H2,2H3. The molecule has 218 valence electrons. The molecule has 1 unspecified atom stereocenters. The second kappa shape index (κ2) is 23.2. The molecule has 0 aromatic heterocycles. The van der Waals surface area contributed by atoms with E-state index < -0.39 is 0 Å². The summed E-state index contributed by atoms with van der Waals surface area (Å²) < 4.78 is 0. The molecular weight excluding hydrogens is 464 g/mol. The molecule has 0 heterocycles. The Balaban J connectivity index is 0.00000229. The van der Waals surface area contributed by atoms with Crippen molar-refractivity contribution >= 4 is 0 Å². The number of aryl methyl sites for hydroxylation is 1. The summed E-state index contributed by atoms with van der Waals surface area (Å²) in [6.07, 6.45) is 33.2. The molecule has 1 aromatic carbocycles. The summed E-state index contributed by atoms with van der Waals surface area (Å²) in [5, 5.41) is 21.1. The van der Waals surface area contributed by atoms with E-state index in [0.717, 1.165) is 43.2 Å². The van der Waals surface area contributed by atoms with Gasteiger partial charge in [-0.1, -0.05) is 134 Å². The number of hydrogen-bond acceptors (Lipinski definition) is 2. The van der Waals surface area contributed by atoms with Crippen LogP contribution in [0.3, 0.4) is 0 Å². The highest BCUT2D eigenvalue weighted by molar-refractivity contribution is 5.50. The first-order chi connectivity index (χ1) is 18.5. The van der Waals surface area contributed by atoms with E-state index in [-0.39, 0.29) is 17.4 Å². The molecule has 0 amide bonds. The van der Waals surface area contributed by atoms with Gasteiger partial charge in [0.15, 0.2) is 0 Å². The van der Waals surface area contributed by atoms with Crippen LogP contribution in [-0.2, 0) is 6.42 Å². The molecule has 0 spiro atoms. The monoisotopic (exact) mass is 526 g/mol. The molecule has 2 N–H and O–H groups in total. The Morgan fingerprint density at radius 1 is 0.737 bits per heavy atom. The lowest BCUT2D eigenvalue weighted by Gasteiger charge is -2.22. The van der Waals surface area contributed by atoms with Crippen molar-refractivity contribution in [3.63, 3.8) is 0 Å². The third kappa shape index (κ3) is 16.3. The fourth-order valence-electron chi connectivity index (χ4n) is 5.77. The quantitative estimate of drug-likeness (QED) is 0.131. The van der Waals surface area contributed by atoms with Crippen LogP contribution in [0, 0.1) is 0 Å². The molecule has 2 heteroatoms. The Kier molecular flexibility index (Phi) is 21.0. The summed E-state index contributed by atoms with van der Waals surface area (Å²) in [6.45, 7) is 9.69. The van der Waals surface area contributed by atoms with Gasteiger partial charge in [-0.3, -0.25) is 0 Å². The second-order valence-corrected chi connectivity index (χ2v) is 11.7. The van der Waals surface area contributed by atoms with Crippen LogP contribution >= 0.6 is 0 Å². The summed E-state index contributed by atoms with van der Waals surface area (Å²) >= 11 is 0. The average molecular weight is 527 g/mol. The summed E-state index contributed by atoms with van der Waals surface area (Å²) in [4.78, 5) is 0. The van der Waals surface area contributed by atoms with Gasteiger partial charge in [-0.15, -0.1) is 6.58 Å². The van der Waals surface area contributed by atoms with Gasteiger partial charge in [-0.05, 0) is 63.6 Å². The molecule has 1 aliphatic rings. The Labute approximate surface area is 237 Å². The summed E-state index contributed by atoms with van der Waals surface area (Å²) in [6, 6.07) is 3.78. The molecule has 0 saturated carbocycles. The van der Waals surface area contributed by atoms with Crippen molar-refractivity contribution in [3.05, 3.63) is 47.6 Å². The van der Waals surface area contributed by atoms with E-state index >= 15 is 0 Å². The first-order valence-corrected chi connectivity index (χ1v) is 16.3. The zero-order chi connectivity index (χ0) is 27.8. The third-order valence-corrected chi connectivity index (χ3v) is 7.96. The van der Waals surface area contributed by atoms with Crippen molar-refractivity contribution in [2.75, 3.05) is 0 Å². The number of hydrogen-bond donors (Lipinski definition) is 2. The van der Waals surface area contributed by atoms with Gasteiger partial charge >= 0.3 is 0 Å². The van der Waals surface area contributed by atoms with Crippen LogP contribution in [0.15, 0.2) is 36.4 Å². The maximum atomic E-state index is 10.6. The molecule has 0 saturated heterocycles. The van der Waals surface area contributed by atoms with Crippen molar-refractivity contribution in [1.29, 1.82) is 0 Å². The zero-order valence-corrected chi connectivity index (χ0v) is 25.5. The van der Waals surface area contributed by atoms with E-state index in [1.807, 2.05) is 19.1 Å². The highest BCUT2D eigenvalue weighted by Gasteiger charge is 2.21. The SMILES string of the molecule is C=CC.CCCCCCCCCCCCCCCCCCCCc1cc(O)c(C2C=C(C)CCC2)c(O)c1. The molecule has 1 aromatic rings. The van der Waals surface area contributed by atoms with Crippen molar-refractivity contribution in [2.45, 2.75) is 168 Å². The lowest BCUT2D eigenvalue weighted by molar-refractivity contribution is 0.427. The molecule has 0 radical (unpaired) electrons. The molecule has 1 atom stereocenters. The molecule has 38 heavy (non-hydrogen) atoms. The Morgan fingerprint density at radius 2 is 1.13 bits per heavy atom. The molecule has 2 rings (SSSR count). The van der Waals surface area contributed by atoms with Crippen molar-refractivity contribution in [3.8, 4) is 11.5 Å². The van der Waals surface area contributed by atoms with Crippen LogP contribution in [0.2, 0.25) is 0 Å². The van der Waals surface area contributed by atoms with E-state index in [1.54, 1.807) is 6.08 Å². The van der Waals surface area contributed by atoms with Crippen LogP contribution in [-0.4, -0.2) is 10.2 Å². The third-order valence-electron chi connectivity index (χ3n) is 7.96. The van der Waals surface area contributed by atoms with Crippen molar-refractivity contribution in [2.24, 2.45) is 0 Å². The molecule has 0 bridgehead atoms. The Bertz CT molecular complexity index is 725. The predicted molar refractivity (Wildman–Crippen MR) is 168 cm³/mol. The normalized spacial score (nSPS) is 15.0. The molecular formula is C36H62O2. The Hall–Kier alpha value is -1.70.